The van der Waals surface area contributed by atoms with Crippen LogP contribution in [0.5, 0.6) is 5.75 Å². The second-order valence-corrected chi connectivity index (χ2v) is 6.66. The van der Waals surface area contributed by atoms with E-state index in [-0.39, 0.29) is 4.90 Å². The molecule has 0 aliphatic carbocycles. The van der Waals surface area contributed by atoms with Gasteiger partial charge in [0.25, 0.3) is 0 Å². The summed E-state index contributed by atoms with van der Waals surface area (Å²) in [6.45, 7) is -1.12. The van der Waals surface area contributed by atoms with Gasteiger partial charge in [0.2, 0.25) is 0 Å². The molecule has 0 aliphatic rings. The molecule has 0 bridgehead atoms. The van der Waals surface area contributed by atoms with Gasteiger partial charge in [-0.1, -0.05) is 6.07 Å². The van der Waals surface area contributed by atoms with Crippen LogP contribution in [0.25, 0.3) is 0 Å². The highest BCUT2D eigenvalue weighted by Gasteiger charge is 2.35. The first-order valence-electron chi connectivity index (χ1n) is 5.24. The minimum Gasteiger partial charge on any atom is -0.404 e. The Morgan fingerprint density at radius 2 is 2.00 bits per heavy atom. The van der Waals surface area contributed by atoms with E-state index in [4.69, 9.17) is 4.89 Å². The molecule has 1 unspecified atom stereocenters. The van der Waals surface area contributed by atoms with Crippen molar-refractivity contribution in [2.45, 2.75) is 16.2 Å². The molecule has 0 heterocycles. The monoisotopic (exact) mass is 382 g/mol. The molecule has 13 heteroatoms. The van der Waals surface area contributed by atoms with Crippen molar-refractivity contribution < 1.29 is 44.5 Å². The van der Waals surface area contributed by atoms with E-state index in [1.807, 2.05) is 0 Å². The summed E-state index contributed by atoms with van der Waals surface area (Å²) in [4.78, 5) is 7.50. The maximum absolute atomic E-state index is 12.3. The maximum atomic E-state index is 12.3. The van der Waals surface area contributed by atoms with Crippen LogP contribution in [0.3, 0.4) is 0 Å². The molecule has 0 saturated carbocycles. The molecular weight excluding hydrogens is 372 g/mol. The van der Waals surface area contributed by atoms with E-state index < -0.39 is 42.2 Å². The standard InChI is InChI=1S/C9H10F3O7PS2/c1-21-7-4-2-3-6(19-9(10,11)12)8(7)22(15,16)18-5-17-20(13)14/h2-4,20H,5H2,1H3,(H,13,14). The Kier molecular flexibility index (Phi) is 6.71. The van der Waals surface area contributed by atoms with Crippen LogP contribution in [0.2, 0.25) is 0 Å². The lowest BCUT2D eigenvalue weighted by Crippen LogP contribution is -2.20. The van der Waals surface area contributed by atoms with E-state index in [0.717, 1.165) is 17.8 Å². The normalized spacial score (nSPS) is 13.9. The van der Waals surface area contributed by atoms with E-state index in [1.54, 1.807) is 0 Å². The number of hydrogen-bond acceptors (Lipinski definition) is 7. The van der Waals surface area contributed by atoms with Crippen LogP contribution in [0.4, 0.5) is 13.2 Å². The molecular formula is C9H10F3O7PS2. The molecule has 0 radical (unpaired) electrons. The third kappa shape index (κ3) is 5.78. The second kappa shape index (κ2) is 7.66. The zero-order valence-corrected chi connectivity index (χ0v) is 13.4. The lowest BCUT2D eigenvalue weighted by Gasteiger charge is -2.15. The first-order chi connectivity index (χ1) is 10.1. The topological polar surface area (TPSA) is 99.1 Å². The maximum Gasteiger partial charge on any atom is 0.573 e. The first kappa shape index (κ1) is 19.3. The van der Waals surface area contributed by atoms with Crippen LogP contribution in [-0.4, -0.2) is 32.7 Å². The molecule has 0 fully saturated rings. The summed E-state index contributed by atoms with van der Waals surface area (Å²) < 4.78 is 83.3. The van der Waals surface area contributed by atoms with Crippen molar-refractivity contribution in [3.05, 3.63) is 18.2 Å². The molecule has 1 rings (SSSR count). The van der Waals surface area contributed by atoms with Gasteiger partial charge in [-0.05, 0) is 18.4 Å². The molecule has 1 aromatic carbocycles. The summed E-state index contributed by atoms with van der Waals surface area (Å²) in [5, 5.41) is 0. The Hall–Kier alpha value is -0.780. The minimum absolute atomic E-state index is 0.0570. The van der Waals surface area contributed by atoms with Crippen molar-refractivity contribution in [1.82, 2.24) is 0 Å². The third-order valence-electron chi connectivity index (χ3n) is 2.02. The Morgan fingerprint density at radius 3 is 2.50 bits per heavy atom. The molecule has 0 amide bonds. The van der Waals surface area contributed by atoms with Crippen LogP contribution in [0, 0.1) is 0 Å². The lowest BCUT2D eigenvalue weighted by atomic mass is 10.3. The highest BCUT2D eigenvalue weighted by molar-refractivity contribution is 7.99. The van der Waals surface area contributed by atoms with Crippen molar-refractivity contribution in [3.8, 4) is 5.75 Å². The van der Waals surface area contributed by atoms with E-state index in [9.17, 15) is 26.2 Å². The van der Waals surface area contributed by atoms with E-state index in [1.165, 1.54) is 18.4 Å². The average Bonchev–Trinajstić information content (AvgIpc) is 2.35. The molecule has 22 heavy (non-hydrogen) atoms. The van der Waals surface area contributed by atoms with E-state index in [0.29, 0.717) is 0 Å². The van der Waals surface area contributed by atoms with Gasteiger partial charge in [0.15, 0.2) is 12.5 Å². The van der Waals surface area contributed by atoms with Crippen LogP contribution in [0.15, 0.2) is 28.0 Å². The summed E-state index contributed by atoms with van der Waals surface area (Å²) in [7, 11) is -8.15. The molecule has 1 aromatic rings. The summed E-state index contributed by atoms with van der Waals surface area (Å²) in [5.41, 5.74) is 0. The number of alkyl halides is 3. The second-order valence-electron chi connectivity index (χ2n) is 3.44. The number of halogens is 3. The highest BCUT2D eigenvalue weighted by atomic mass is 32.2. The highest BCUT2D eigenvalue weighted by Crippen LogP contribution is 2.37. The molecule has 0 aromatic heterocycles. The fourth-order valence-corrected chi connectivity index (χ4v) is 3.57. The summed E-state index contributed by atoms with van der Waals surface area (Å²) in [6.07, 6.45) is -3.66. The van der Waals surface area contributed by atoms with Crippen LogP contribution < -0.4 is 4.74 Å². The summed E-state index contributed by atoms with van der Waals surface area (Å²) in [5.74, 6) is -0.976. The van der Waals surface area contributed by atoms with Gasteiger partial charge in [-0.15, -0.1) is 24.9 Å². The third-order valence-corrected chi connectivity index (χ3v) is 4.63. The predicted octanol–water partition coefficient (Wildman–Crippen LogP) is 2.37. The Balaban J connectivity index is 3.21. The Bertz CT molecular complexity index is 647. The van der Waals surface area contributed by atoms with Crippen LogP contribution >= 0.6 is 20.0 Å². The van der Waals surface area contributed by atoms with Gasteiger partial charge >= 0.3 is 24.7 Å². The number of thioether (sulfide) groups is 1. The summed E-state index contributed by atoms with van der Waals surface area (Å²) in [6, 6.07) is 3.23. The molecule has 7 nitrogen and oxygen atoms in total. The zero-order chi connectivity index (χ0) is 17.0. The molecule has 0 aliphatic heterocycles. The van der Waals surface area contributed by atoms with Crippen LogP contribution in [0.1, 0.15) is 0 Å². The lowest BCUT2D eigenvalue weighted by molar-refractivity contribution is -0.275. The van der Waals surface area contributed by atoms with Gasteiger partial charge in [0, 0.05) is 4.90 Å². The molecule has 1 atom stereocenters. The van der Waals surface area contributed by atoms with Crippen molar-refractivity contribution in [3.63, 3.8) is 0 Å². The van der Waals surface area contributed by atoms with Gasteiger partial charge in [0.05, 0.1) is 0 Å². The van der Waals surface area contributed by atoms with Gasteiger partial charge in [-0.2, -0.15) is 8.42 Å². The van der Waals surface area contributed by atoms with Gasteiger partial charge in [-0.25, -0.2) is 4.18 Å². The number of rotatable bonds is 7. The molecule has 1 N–H and O–H groups in total. The zero-order valence-electron chi connectivity index (χ0n) is 10.8. The van der Waals surface area contributed by atoms with Crippen molar-refractivity contribution >= 4 is 30.1 Å². The predicted molar refractivity (Wildman–Crippen MR) is 70.3 cm³/mol. The quantitative estimate of drug-likeness (QED) is 0.332. The van der Waals surface area contributed by atoms with E-state index >= 15 is 0 Å². The Labute approximate surface area is 128 Å². The van der Waals surface area contributed by atoms with Gasteiger partial charge in [-0.3, -0.25) is 9.09 Å². The number of benzene rings is 1. The fourth-order valence-electron chi connectivity index (χ4n) is 1.30. The van der Waals surface area contributed by atoms with Crippen LogP contribution in [-0.2, 0) is 23.4 Å². The van der Waals surface area contributed by atoms with Gasteiger partial charge in [0.1, 0.15) is 4.90 Å². The average molecular weight is 382 g/mol. The minimum atomic E-state index is -5.10. The van der Waals surface area contributed by atoms with Crippen molar-refractivity contribution in [2.75, 3.05) is 13.0 Å². The van der Waals surface area contributed by atoms with E-state index in [2.05, 4.69) is 13.4 Å². The molecule has 0 spiro atoms. The smallest absolute Gasteiger partial charge is 0.404 e. The fraction of sp³-hybridized carbons (Fsp3) is 0.333. The van der Waals surface area contributed by atoms with Crippen molar-refractivity contribution in [1.29, 1.82) is 0 Å². The number of hydrogen-bond donors (Lipinski definition) is 1. The molecule has 0 saturated heterocycles. The summed E-state index contributed by atoms with van der Waals surface area (Å²) >= 11 is 0.850. The number of ether oxygens (including phenoxy) is 1. The van der Waals surface area contributed by atoms with Gasteiger partial charge < -0.3 is 9.63 Å². The largest absolute Gasteiger partial charge is 0.573 e. The Morgan fingerprint density at radius 1 is 1.36 bits per heavy atom. The SMILES string of the molecule is CSc1cccc(OC(F)(F)F)c1S(=O)(=O)OCO[PH](=O)O. The molecule has 126 valence electrons. The first-order valence-corrected chi connectivity index (χ1v) is 9.14. The van der Waals surface area contributed by atoms with Crippen molar-refractivity contribution in [2.24, 2.45) is 0 Å².